The summed E-state index contributed by atoms with van der Waals surface area (Å²) in [6, 6.07) is 10.2. The maximum Gasteiger partial charge on any atom is 0.289 e. The lowest BCUT2D eigenvalue weighted by atomic mass is 10.2. The third kappa shape index (κ3) is 3.59. The normalized spacial score (nSPS) is 11.1. The molecule has 1 N–H and O–H groups in total. The molecule has 0 saturated carbocycles. The van der Waals surface area contributed by atoms with Crippen LogP contribution < -0.4 is 4.72 Å². The molecule has 21 heavy (non-hydrogen) atoms. The molecule has 0 heterocycles. The van der Waals surface area contributed by atoms with Gasteiger partial charge < -0.3 is 0 Å². The van der Waals surface area contributed by atoms with Gasteiger partial charge in [0.15, 0.2) is 4.90 Å². The highest BCUT2D eigenvalue weighted by atomic mass is 79.9. The molecule has 6 nitrogen and oxygen atoms in total. The van der Waals surface area contributed by atoms with E-state index in [1.54, 1.807) is 12.1 Å². The first-order valence-corrected chi connectivity index (χ1v) is 8.10. The van der Waals surface area contributed by atoms with Crippen molar-refractivity contribution >= 4 is 37.3 Å². The van der Waals surface area contributed by atoms with E-state index in [0.717, 1.165) is 11.6 Å². The Balaban J connectivity index is 2.46. The second-order valence-corrected chi connectivity index (χ2v) is 6.91. The fraction of sp³-hybridized carbons (Fsp3) is 0.0769. The summed E-state index contributed by atoms with van der Waals surface area (Å²) >= 11 is 3.27. The molecular formula is C13H11BrN2O4S. The number of hydrogen-bond donors (Lipinski definition) is 1. The van der Waals surface area contributed by atoms with Crippen molar-refractivity contribution in [3.8, 4) is 0 Å². The Morgan fingerprint density at radius 3 is 2.48 bits per heavy atom. The quantitative estimate of drug-likeness (QED) is 0.658. The first-order valence-electron chi connectivity index (χ1n) is 5.83. The lowest BCUT2D eigenvalue weighted by Gasteiger charge is -2.09. The van der Waals surface area contributed by atoms with Crippen molar-refractivity contribution in [3.63, 3.8) is 0 Å². The molecule has 0 spiro atoms. The number of nitrogens with one attached hydrogen (secondary N) is 1. The molecule has 0 unspecified atom stereocenters. The van der Waals surface area contributed by atoms with Crippen molar-refractivity contribution in [2.45, 2.75) is 11.8 Å². The minimum atomic E-state index is -4.04. The van der Waals surface area contributed by atoms with E-state index >= 15 is 0 Å². The number of nitro groups is 1. The van der Waals surface area contributed by atoms with Crippen molar-refractivity contribution in [1.82, 2.24) is 0 Å². The van der Waals surface area contributed by atoms with Gasteiger partial charge in [-0.1, -0.05) is 28.1 Å². The molecule has 0 amide bonds. The number of halogens is 1. The average molecular weight is 371 g/mol. The minimum absolute atomic E-state index is 0.333. The molecule has 0 aliphatic rings. The Morgan fingerprint density at radius 2 is 1.86 bits per heavy atom. The summed E-state index contributed by atoms with van der Waals surface area (Å²) in [5, 5.41) is 10.9. The van der Waals surface area contributed by atoms with E-state index in [1.807, 2.05) is 13.0 Å². The predicted octanol–water partition coefficient (Wildman–Crippen LogP) is 3.47. The summed E-state index contributed by atoms with van der Waals surface area (Å²) in [6.07, 6.45) is 0. The summed E-state index contributed by atoms with van der Waals surface area (Å²) in [7, 11) is -4.04. The summed E-state index contributed by atoms with van der Waals surface area (Å²) in [5.74, 6) is 0. The fourth-order valence-corrected chi connectivity index (χ4v) is 3.66. The molecule has 0 fully saturated rings. The lowest BCUT2D eigenvalue weighted by Crippen LogP contribution is -2.14. The Kier molecular flexibility index (Phi) is 4.29. The standard InChI is InChI=1S/C13H11BrN2O4S/c1-9-6-10(14)8-11(7-9)15-21(19,20)13-5-3-2-4-12(13)16(17)18/h2-8,15H,1H3. The van der Waals surface area contributed by atoms with Gasteiger partial charge in [-0.15, -0.1) is 0 Å². The molecule has 0 aliphatic carbocycles. The lowest BCUT2D eigenvalue weighted by molar-refractivity contribution is -0.387. The van der Waals surface area contributed by atoms with E-state index in [0.29, 0.717) is 10.2 Å². The third-order valence-corrected chi connectivity index (χ3v) is 4.53. The summed E-state index contributed by atoms with van der Waals surface area (Å²) < 4.78 is 27.7. The second kappa shape index (κ2) is 5.82. The van der Waals surface area contributed by atoms with Crippen LogP contribution in [0.5, 0.6) is 0 Å². The molecular weight excluding hydrogens is 360 g/mol. The zero-order valence-electron chi connectivity index (χ0n) is 10.9. The molecule has 110 valence electrons. The van der Waals surface area contributed by atoms with Gasteiger partial charge in [0.25, 0.3) is 15.7 Å². The van der Waals surface area contributed by atoms with Crippen molar-refractivity contribution in [3.05, 3.63) is 62.6 Å². The smallest absolute Gasteiger partial charge is 0.279 e. The Labute approximate surface area is 130 Å². The van der Waals surface area contributed by atoms with Gasteiger partial charge in [0.2, 0.25) is 0 Å². The van der Waals surface area contributed by atoms with Gasteiger partial charge in [-0.05, 0) is 36.8 Å². The number of benzene rings is 2. The van der Waals surface area contributed by atoms with Gasteiger partial charge in [0.05, 0.1) is 10.6 Å². The van der Waals surface area contributed by atoms with E-state index in [9.17, 15) is 18.5 Å². The van der Waals surface area contributed by atoms with Crippen LogP contribution in [0.1, 0.15) is 5.56 Å². The van der Waals surface area contributed by atoms with Gasteiger partial charge in [-0.2, -0.15) is 0 Å². The summed E-state index contributed by atoms with van der Waals surface area (Å²) in [5.41, 5.74) is 0.724. The fourth-order valence-electron chi connectivity index (χ4n) is 1.84. The first-order chi connectivity index (χ1) is 9.79. The number of para-hydroxylation sites is 1. The van der Waals surface area contributed by atoms with Crippen LogP contribution in [-0.4, -0.2) is 13.3 Å². The highest BCUT2D eigenvalue weighted by Gasteiger charge is 2.25. The van der Waals surface area contributed by atoms with Crippen LogP contribution in [0, 0.1) is 17.0 Å². The van der Waals surface area contributed by atoms with Crippen LogP contribution in [0.2, 0.25) is 0 Å². The van der Waals surface area contributed by atoms with Crippen LogP contribution in [0.3, 0.4) is 0 Å². The zero-order chi connectivity index (χ0) is 15.6. The molecule has 2 aromatic rings. The summed E-state index contributed by atoms with van der Waals surface area (Å²) in [6.45, 7) is 1.81. The second-order valence-electron chi connectivity index (χ2n) is 4.35. The van der Waals surface area contributed by atoms with E-state index in [-0.39, 0.29) is 4.90 Å². The topological polar surface area (TPSA) is 89.3 Å². The Bertz CT molecular complexity index is 785. The van der Waals surface area contributed by atoms with Gasteiger partial charge in [0, 0.05) is 10.5 Å². The van der Waals surface area contributed by atoms with Gasteiger partial charge >= 0.3 is 0 Å². The Hall–Kier alpha value is -1.93. The van der Waals surface area contributed by atoms with Crippen LogP contribution in [-0.2, 0) is 10.0 Å². The third-order valence-electron chi connectivity index (χ3n) is 2.65. The highest BCUT2D eigenvalue weighted by Crippen LogP contribution is 2.26. The van der Waals surface area contributed by atoms with Gasteiger partial charge in [0.1, 0.15) is 0 Å². The van der Waals surface area contributed by atoms with Crippen molar-refractivity contribution in [2.24, 2.45) is 0 Å². The van der Waals surface area contributed by atoms with E-state index in [4.69, 9.17) is 0 Å². The number of hydrogen-bond acceptors (Lipinski definition) is 4. The first kappa shape index (κ1) is 15.5. The number of nitro benzene ring substituents is 1. The molecule has 8 heteroatoms. The number of nitrogens with zero attached hydrogens (tertiary/aromatic N) is 1. The number of anilines is 1. The highest BCUT2D eigenvalue weighted by molar-refractivity contribution is 9.10. The number of rotatable bonds is 4. The van der Waals surface area contributed by atoms with Crippen molar-refractivity contribution < 1.29 is 13.3 Å². The maximum absolute atomic E-state index is 12.3. The molecule has 2 aromatic carbocycles. The van der Waals surface area contributed by atoms with Crippen molar-refractivity contribution in [1.29, 1.82) is 0 Å². The van der Waals surface area contributed by atoms with Gasteiger partial charge in [-0.25, -0.2) is 8.42 Å². The van der Waals surface area contributed by atoms with E-state index in [1.165, 1.54) is 18.2 Å². The molecule has 0 radical (unpaired) electrons. The van der Waals surface area contributed by atoms with Gasteiger partial charge in [-0.3, -0.25) is 14.8 Å². The Morgan fingerprint density at radius 1 is 1.19 bits per heavy atom. The zero-order valence-corrected chi connectivity index (χ0v) is 13.3. The SMILES string of the molecule is Cc1cc(Br)cc(NS(=O)(=O)c2ccccc2[N+](=O)[O-])c1. The largest absolute Gasteiger partial charge is 0.289 e. The van der Waals surface area contributed by atoms with E-state index in [2.05, 4.69) is 20.7 Å². The van der Waals surface area contributed by atoms with Crippen LogP contribution in [0.4, 0.5) is 11.4 Å². The number of sulfonamides is 1. The van der Waals surface area contributed by atoms with Crippen LogP contribution >= 0.6 is 15.9 Å². The average Bonchev–Trinajstić information content (AvgIpc) is 2.36. The van der Waals surface area contributed by atoms with Crippen molar-refractivity contribution in [2.75, 3.05) is 4.72 Å². The van der Waals surface area contributed by atoms with Crippen LogP contribution in [0.25, 0.3) is 0 Å². The molecule has 2 rings (SSSR count). The number of aryl methyl sites for hydroxylation is 1. The predicted molar refractivity (Wildman–Crippen MR) is 82.8 cm³/mol. The molecule has 0 aliphatic heterocycles. The molecule has 0 bridgehead atoms. The molecule has 0 atom stereocenters. The van der Waals surface area contributed by atoms with Crippen LogP contribution in [0.15, 0.2) is 51.8 Å². The molecule has 0 saturated heterocycles. The van der Waals surface area contributed by atoms with E-state index < -0.39 is 20.6 Å². The minimum Gasteiger partial charge on any atom is -0.279 e. The molecule has 0 aromatic heterocycles. The maximum atomic E-state index is 12.3. The monoisotopic (exact) mass is 370 g/mol. The summed E-state index contributed by atoms with van der Waals surface area (Å²) in [4.78, 5) is 9.85.